The standard InChI is InChI=1S/C13H16N2OS2.ClH/c16-18(9-10-5-7-14-8-6-10)13-15-11-3-1-2-4-12(11)17-13;/h1-4,10,14H,5-9H2;1H. The minimum atomic E-state index is -0.934. The van der Waals surface area contributed by atoms with Gasteiger partial charge in [0, 0.05) is 5.75 Å². The summed E-state index contributed by atoms with van der Waals surface area (Å²) in [7, 11) is -0.934. The Hall–Kier alpha value is -0.490. The molecule has 0 amide bonds. The van der Waals surface area contributed by atoms with E-state index in [0.29, 0.717) is 5.92 Å². The number of rotatable bonds is 3. The number of nitrogens with one attached hydrogen (secondary N) is 1. The molecule has 1 aliphatic heterocycles. The Morgan fingerprint density at radius 1 is 1.32 bits per heavy atom. The second kappa shape index (κ2) is 6.79. The zero-order chi connectivity index (χ0) is 12.4. The van der Waals surface area contributed by atoms with Gasteiger partial charge in [-0.3, -0.25) is 4.21 Å². The summed E-state index contributed by atoms with van der Waals surface area (Å²) in [5.41, 5.74) is 0.969. The highest BCUT2D eigenvalue weighted by atomic mass is 35.5. The Morgan fingerprint density at radius 2 is 2.05 bits per heavy atom. The average molecular weight is 317 g/mol. The van der Waals surface area contributed by atoms with E-state index in [9.17, 15) is 4.21 Å². The first-order chi connectivity index (χ1) is 8.83. The Kier molecular flexibility index (Phi) is 5.33. The molecule has 1 aromatic carbocycles. The van der Waals surface area contributed by atoms with E-state index in [1.54, 1.807) is 11.3 Å². The van der Waals surface area contributed by atoms with Crippen LogP contribution in [0.25, 0.3) is 10.2 Å². The molecule has 0 bridgehead atoms. The van der Waals surface area contributed by atoms with Crippen molar-refractivity contribution >= 4 is 44.8 Å². The van der Waals surface area contributed by atoms with Crippen LogP contribution in [0.2, 0.25) is 0 Å². The highest BCUT2D eigenvalue weighted by Gasteiger charge is 2.19. The zero-order valence-electron chi connectivity index (χ0n) is 10.5. The van der Waals surface area contributed by atoms with Gasteiger partial charge < -0.3 is 5.32 Å². The molecule has 1 N–H and O–H groups in total. The van der Waals surface area contributed by atoms with E-state index < -0.39 is 10.8 Å². The molecule has 1 unspecified atom stereocenters. The Morgan fingerprint density at radius 3 is 2.79 bits per heavy atom. The molecule has 1 saturated heterocycles. The second-order valence-corrected chi connectivity index (χ2v) is 7.35. The fourth-order valence-corrected chi connectivity index (χ4v) is 4.93. The number of benzene rings is 1. The number of hydrogen-bond acceptors (Lipinski definition) is 4. The molecule has 1 aliphatic rings. The second-order valence-electron chi connectivity index (χ2n) is 4.65. The molecule has 1 aromatic heterocycles. The van der Waals surface area contributed by atoms with Gasteiger partial charge in [-0.1, -0.05) is 12.1 Å². The van der Waals surface area contributed by atoms with E-state index >= 15 is 0 Å². The highest BCUT2D eigenvalue weighted by Crippen LogP contribution is 2.25. The van der Waals surface area contributed by atoms with Gasteiger partial charge >= 0.3 is 0 Å². The summed E-state index contributed by atoms with van der Waals surface area (Å²) in [6.45, 7) is 2.11. The van der Waals surface area contributed by atoms with Crippen LogP contribution in [-0.2, 0) is 10.8 Å². The molecule has 0 saturated carbocycles. The Labute approximate surface area is 125 Å². The van der Waals surface area contributed by atoms with Crippen molar-refractivity contribution in [3.8, 4) is 0 Å². The molecule has 2 aromatic rings. The molecule has 3 nitrogen and oxygen atoms in total. The molecule has 104 valence electrons. The smallest absolute Gasteiger partial charge is 0.181 e. The Bertz CT molecular complexity index is 534. The van der Waals surface area contributed by atoms with Crippen molar-refractivity contribution in [2.24, 2.45) is 5.92 Å². The van der Waals surface area contributed by atoms with E-state index in [-0.39, 0.29) is 12.4 Å². The number of para-hydroxylation sites is 1. The molecule has 1 fully saturated rings. The number of nitrogens with zero attached hydrogens (tertiary/aromatic N) is 1. The summed E-state index contributed by atoms with van der Waals surface area (Å²) in [4.78, 5) is 4.48. The molecule has 6 heteroatoms. The minimum absolute atomic E-state index is 0. The van der Waals surface area contributed by atoms with Gasteiger partial charge in [-0.25, -0.2) is 4.98 Å². The van der Waals surface area contributed by atoms with Gasteiger partial charge in [0.25, 0.3) is 0 Å². The van der Waals surface area contributed by atoms with Crippen molar-refractivity contribution in [3.63, 3.8) is 0 Å². The highest BCUT2D eigenvalue weighted by molar-refractivity contribution is 7.87. The lowest BCUT2D eigenvalue weighted by molar-refractivity contribution is 0.405. The SMILES string of the molecule is Cl.O=S(CC1CCNCC1)c1nc2ccccc2s1. The van der Waals surface area contributed by atoms with Crippen LogP contribution in [0.15, 0.2) is 28.6 Å². The normalized spacial score (nSPS) is 18.1. The number of aromatic nitrogens is 1. The summed E-state index contributed by atoms with van der Waals surface area (Å²) in [6.07, 6.45) is 2.27. The summed E-state index contributed by atoms with van der Waals surface area (Å²) >= 11 is 1.57. The van der Waals surface area contributed by atoms with Gasteiger partial charge in [0.2, 0.25) is 0 Å². The van der Waals surface area contributed by atoms with Crippen LogP contribution in [0.5, 0.6) is 0 Å². The lowest BCUT2D eigenvalue weighted by Gasteiger charge is -2.21. The zero-order valence-corrected chi connectivity index (χ0v) is 13.0. The number of fused-ring (bicyclic) bond motifs is 1. The van der Waals surface area contributed by atoms with Crippen LogP contribution in [0.3, 0.4) is 0 Å². The topological polar surface area (TPSA) is 42.0 Å². The fraction of sp³-hybridized carbons (Fsp3) is 0.462. The molecule has 0 spiro atoms. The van der Waals surface area contributed by atoms with Crippen molar-refractivity contribution in [3.05, 3.63) is 24.3 Å². The van der Waals surface area contributed by atoms with E-state index in [1.807, 2.05) is 24.3 Å². The van der Waals surface area contributed by atoms with Crippen LogP contribution in [0.1, 0.15) is 12.8 Å². The first-order valence-electron chi connectivity index (χ1n) is 6.27. The summed E-state index contributed by atoms with van der Waals surface area (Å²) in [6, 6.07) is 8.00. The van der Waals surface area contributed by atoms with E-state index in [2.05, 4.69) is 10.3 Å². The summed E-state index contributed by atoms with van der Waals surface area (Å²) in [5.74, 6) is 1.35. The maximum Gasteiger partial charge on any atom is 0.181 e. The maximum absolute atomic E-state index is 12.3. The van der Waals surface area contributed by atoms with Gasteiger partial charge in [0.05, 0.1) is 21.0 Å². The summed E-state index contributed by atoms with van der Waals surface area (Å²) in [5, 5.41) is 3.34. The van der Waals surface area contributed by atoms with E-state index in [0.717, 1.165) is 46.2 Å². The Balaban J connectivity index is 0.00000133. The van der Waals surface area contributed by atoms with Gasteiger partial charge in [0.1, 0.15) is 0 Å². The first-order valence-corrected chi connectivity index (χ1v) is 8.41. The predicted molar refractivity (Wildman–Crippen MR) is 83.7 cm³/mol. The molecule has 0 radical (unpaired) electrons. The van der Waals surface area contributed by atoms with E-state index in [4.69, 9.17) is 0 Å². The van der Waals surface area contributed by atoms with Crippen LogP contribution < -0.4 is 5.32 Å². The molecular formula is C13H17ClN2OS2. The van der Waals surface area contributed by atoms with Crippen molar-refractivity contribution < 1.29 is 4.21 Å². The fourth-order valence-electron chi connectivity index (χ4n) is 2.28. The number of thiazole rings is 1. The molecular weight excluding hydrogens is 300 g/mol. The summed E-state index contributed by atoms with van der Waals surface area (Å²) < 4.78 is 14.2. The van der Waals surface area contributed by atoms with Gasteiger partial charge in [0.15, 0.2) is 4.34 Å². The van der Waals surface area contributed by atoms with Crippen LogP contribution >= 0.6 is 23.7 Å². The third-order valence-electron chi connectivity index (χ3n) is 3.31. The first kappa shape index (κ1) is 14.9. The molecule has 0 aliphatic carbocycles. The van der Waals surface area contributed by atoms with Gasteiger partial charge in [-0.15, -0.1) is 23.7 Å². The predicted octanol–water partition coefficient (Wildman–Crippen LogP) is 2.83. The number of piperidine rings is 1. The van der Waals surface area contributed by atoms with Crippen LogP contribution in [-0.4, -0.2) is 28.0 Å². The molecule has 1 atom stereocenters. The third-order valence-corrected chi connectivity index (χ3v) is 6.21. The number of hydrogen-bond donors (Lipinski definition) is 1. The maximum atomic E-state index is 12.3. The van der Waals surface area contributed by atoms with Crippen molar-refractivity contribution in [1.82, 2.24) is 10.3 Å². The minimum Gasteiger partial charge on any atom is -0.317 e. The average Bonchev–Trinajstić information content (AvgIpc) is 2.84. The van der Waals surface area contributed by atoms with Crippen molar-refractivity contribution in [1.29, 1.82) is 0 Å². The van der Waals surface area contributed by atoms with E-state index in [1.165, 1.54) is 0 Å². The molecule has 19 heavy (non-hydrogen) atoms. The van der Waals surface area contributed by atoms with Crippen LogP contribution in [0, 0.1) is 5.92 Å². The van der Waals surface area contributed by atoms with Gasteiger partial charge in [-0.05, 0) is 44.0 Å². The largest absolute Gasteiger partial charge is 0.317 e. The lowest BCUT2D eigenvalue weighted by Crippen LogP contribution is -2.30. The third kappa shape index (κ3) is 3.54. The molecule has 2 heterocycles. The molecule has 3 rings (SSSR count). The van der Waals surface area contributed by atoms with Crippen LogP contribution in [0.4, 0.5) is 0 Å². The quantitative estimate of drug-likeness (QED) is 0.946. The number of halogens is 1. The monoisotopic (exact) mass is 316 g/mol. The van der Waals surface area contributed by atoms with Crippen molar-refractivity contribution in [2.45, 2.75) is 17.2 Å². The van der Waals surface area contributed by atoms with Crippen molar-refractivity contribution in [2.75, 3.05) is 18.8 Å². The van der Waals surface area contributed by atoms with Gasteiger partial charge in [-0.2, -0.15) is 0 Å². The lowest BCUT2D eigenvalue weighted by atomic mass is 10.0.